The van der Waals surface area contributed by atoms with E-state index in [0.29, 0.717) is 6.42 Å². The molecule has 0 spiro atoms. The second-order valence-corrected chi connectivity index (χ2v) is 2.50. The van der Waals surface area contributed by atoms with E-state index >= 15 is 0 Å². The van der Waals surface area contributed by atoms with Crippen LogP contribution in [0.25, 0.3) is 0 Å². The van der Waals surface area contributed by atoms with Crippen molar-refractivity contribution in [3.8, 4) is 0 Å². The normalized spacial score (nSPS) is 9.41. The van der Waals surface area contributed by atoms with Crippen molar-refractivity contribution in [2.45, 2.75) is 60.9 Å². The molecular weight excluding hydrogens is 214 g/mol. The quantitative estimate of drug-likeness (QED) is 0.857. The van der Waals surface area contributed by atoms with E-state index < -0.39 is 6.04 Å². The Morgan fingerprint density at radius 3 is 2.06 bits per heavy atom. The molecule has 0 bridgehead atoms. The van der Waals surface area contributed by atoms with Crippen LogP contribution < -0.4 is 5.73 Å². The van der Waals surface area contributed by atoms with E-state index in [2.05, 4.69) is 9.97 Å². The first-order valence-electron chi connectivity index (χ1n) is 6.43. The molecule has 4 heteroatoms. The molecule has 0 aromatic carbocycles. The van der Waals surface area contributed by atoms with Gasteiger partial charge in [-0.2, -0.15) is 0 Å². The molecule has 0 saturated carbocycles. The van der Waals surface area contributed by atoms with Gasteiger partial charge in [-0.25, -0.2) is 4.98 Å². The van der Waals surface area contributed by atoms with Crippen molar-refractivity contribution in [1.82, 2.24) is 9.97 Å². The Morgan fingerprint density at radius 1 is 1.29 bits per heavy atom. The van der Waals surface area contributed by atoms with Crippen LogP contribution >= 0.6 is 0 Å². The van der Waals surface area contributed by atoms with Gasteiger partial charge in [0.1, 0.15) is 5.78 Å². The lowest BCUT2D eigenvalue weighted by Crippen LogP contribution is -2.30. The smallest absolute Gasteiger partial charge is 0.146 e. The fraction of sp³-hybridized carbons (Fsp3) is 0.692. The molecular formula is C13H29N3O. The lowest BCUT2D eigenvalue weighted by molar-refractivity contribution is -0.118. The van der Waals surface area contributed by atoms with Crippen LogP contribution in [0.4, 0.5) is 0 Å². The Kier molecular flexibility index (Phi) is 21.5. The molecule has 3 N–H and O–H groups in total. The molecule has 1 unspecified atom stereocenters. The highest BCUT2D eigenvalue weighted by atomic mass is 16.1. The molecule has 0 radical (unpaired) electrons. The summed E-state index contributed by atoms with van der Waals surface area (Å²) in [6.07, 6.45) is 3.78. The molecule has 0 aliphatic heterocycles. The highest BCUT2D eigenvalue weighted by Gasteiger charge is 2.08. The molecule has 0 saturated heterocycles. The van der Waals surface area contributed by atoms with Gasteiger partial charge < -0.3 is 10.7 Å². The fourth-order valence-corrected chi connectivity index (χ4v) is 0.777. The van der Waals surface area contributed by atoms with Crippen LogP contribution in [-0.4, -0.2) is 21.8 Å². The number of nitrogens with zero attached hydrogens (tertiary/aromatic N) is 1. The maximum atomic E-state index is 10.7. The summed E-state index contributed by atoms with van der Waals surface area (Å²) >= 11 is 0. The number of carbonyl (C=O) groups is 1. The van der Waals surface area contributed by atoms with Gasteiger partial charge in [-0.3, -0.25) is 4.79 Å². The van der Waals surface area contributed by atoms with Crippen LogP contribution in [0.3, 0.4) is 0 Å². The summed E-state index contributed by atoms with van der Waals surface area (Å²) in [5.41, 5.74) is 6.41. The molecule has 0 aliphatic carbocycles. The van der Waals surface area contributed by atoms with Crippen molar-refractivity contribution in [2.24, 2.45) is 5.73 Å². The van der Waals surface area contributed by atoms with Crippen LogP contribution in [0, 0.1) is 0 Å². The number of aromatic amines is 1. The van der Waals surface area contributed by atoms with Crippen LogP contribution in [0.1, 0.15) is 54.2 Å². The second-order valence-electron chi connectivity index (χ2n) is 2.50. The van der Waals surface area contributed by atoms with E-state index in [-0.39, 0.29) is 5.78 Å². The number of aromatic nitrogens is 2. The zero-order valence-corrected chi connectivity index (χ0v) is 12.4. The van der Waals surface area contributed by atoms with Crippen molar-refractivity contribution in [3.63, 3.8) is 0 Å². The van der Waals surface area contributed by atoms with Gasteiger partial charge in [0.05, 0.1) is 12.4 Å². The summed E-state index contributed by atoms with van der Waals surface area (Å²) in [5.74, 6) is -0.000370. The molecule has 1 heterocycles. The minimum Gasteiger partial charge on any atom is -0.348 e. The third-order valence-corrected chi connectivity index (χ3v) is 1.52. The summed E-state index contributed by atoms with van der Waals surface area (Å²) < 4.78 is 0. The van der Waals surface area contributed by atoms with Gasteiger partial charge in [0, 0.05) is 18.3 Å². The number of carbonyl (C=O) groups excluding carboxylic acids is 1. The number of hydrogen-bond donors (Lipinski definition) is 2. The third kappa shape index (κ3) is 12.8. The predicted molar refractivity (Wildman–Crippen MR) is 75.0 cm³/mol. The van der Waals surface area contributed by atoms with Crippen LogP contribution in [0.2, 0.25) is 0 Å². The van der Waals surface area contributed by atoms with Gasteiger partial charge in [0.25, 0.3) is 0 Å². The van der Waals surface area contributed by atoms with Crippen molar-refractivity contribution in [1.29, 1.82) is 0 Å². The minimum atomic E-state index is -0.407. The largest absolute Gasteiger partial charge is 0.348 e. The lowest BCUT2D eigenvalue weighted by Gasteiger charge is -2.03. The Balaban J connectivity index is -0.000000285. The van der Waals surface area contributed by atoms with E-state index in [1.54, 1.807) is 12.5 Å². The van der Waals surface area contributed by atoms with Gasteiger partial charge in [0.2, 0.25) is 0 Å². The lowest BCUT2D eigenvalue weighted by atomic mass is 10.1. The fourth-order valence-electron chi connectivity index (χ4n) is 0.777. The number of nitrogens with two attached hydrogens (primary N) is 1. The summed E-state index contributed by atoms with van der Waals surface area (Å²) in [7, 11) is 0. The van der Waals surface area contributed by atoms with Crippen molar-refractivity contribution >= 4 is 5.78 Å². The standard InChI is InChI=1S/C7H11N3O.3C2H6/c1-5(11)7(8)2-6-3-9-4-10-6;3*1-2/h3-4,7H,2,8H2,1H3,(H,9,10);3*1-2H3. The molecule has 102 valence electrons. The maximum Gasteiger partial charge on any atom is 0.146 e. The number of imidazole rings is 1. The average molecular weight is 243 g/mol. The summed E-state index contributed by atoms with van der Waals surface area (Å²) in [5, 5.41) is 0. The Bertz CT molecular complexity index is 233. The van der Waals surface area contributed by atoms with Gasteiger partial charge in [-0.05, 0) is 6.92 Å². The third-order valence-electron chi connectivity index (χ3n) is 1.52. The first kappa shape index (κ1) is 21.2. The summed E-state index contributed by atoms with van der Waals surface area (Å²) in [6, 6.07) is -0.407. The molecule has 1 aromatic rings. The minimum absolute atomic E-state index is 0.000370. The average Bonchev–Trinajstić information content (AvgIpc) is 2.89. The molecule has 1 aromatic heterocycles. The Morgan fingerprint density at radius 2 is 1.76 bits per heavy atom. The number of nitrogens with one attached hydrogen (secondary N) is 1. The monoisotopic (exact) mass is 243 g/mol. The van der Waals surface area contributed by atoms with Crippen molar-refractivity contribution in [3.05, 3.63) is 18.2 Å². The van der Waals surface area contributed by atoms with Gasteiger partial charge in [-0.1, -0.05) is 41.5 Å². The SMILES string of the molecule is CC.CC.CC.CC(=O)C(N)Cc1cnc[nH]1. The topological polar surface area (TPSA) is 71.8 Å². The molecule has 0 amide bonds. The number of rotatable bonds is 3. The van der Waals surface area contributed by atoms with E-state index in [4.69, 9.17) is 5.73 Å². The predicted octanol–water partition coefficient (Wildman–Crippen LogP) is 2.95. The number of H-pyrrole nitrogens is 1. The molecule has 17 heavy (non-hydrogen) atoms. The van der Waals surface area contributed by atoms with E-state index in [9.17, 15) is 4.79 Å². The highest BCUT2D eigenvalue weighted by Crippen LogP contribution is 1.96. The number of ketones is 1. The van der Waals surface area contributed by atoms with Gasteiger partial charge in [0.15, 0.2) is 0 Å². The first-order valence-corrected chi connectivity index (χ1v) is 6.43. The zero-order chi connectivity index (χ0) is 14.3. The Hall–Kier alpha value is -1.16. The van der Waals surface area contributed by atoms with Gasteiger partial charge in [-0.15, -0.1) is 0 Å². The van der Waals surface area contributed by atoms with E-state index in [0.717, 1.165) is 5.69 Å². The van der Waals surface area contributed by atoms with Crippen LogP contribution in [0.5, 0.6) is 0 Å². The zero-order valence-electron chi connectivity index (χ0n) is 12.4. The number of Topliss-reactive ketones (excluding diaryl/α,β-unsaturated/α-hetero) is 1. The second kappa shape index (κ2) is 17.2. The summed E-state index contributed by atoms with van der Waals surface area (Å²) in [4.78, 5) is 17.4. The number of hydrogen-bond acceptors (Lipinski definition) is 3. The molecule has 4 nitrogen and oxygen atoms in total. The first-order chi connectivity index (χ1) is 8.20. The molecule has 1 atom stereocenters. The van der Waals surface area contributed by atoms with Crippen LogP contribution in [-0.2, 0) is 11.2 Å². The van der Waals surface area contributed by atoms with E-state index in [1.807, 2.05) is 41.5 Å². The van der Waals surface area contributed by atoms with Gasteiger partial charge >= 0.3 is 0 Å². The molecule has 1 rings (SSSR count). The summed E-state index contributed by atoms with van der Waals surface area (Å²) in [6.45, 7) is 13.5. The van der Waals surface area contributed by atoms with Crippen molar-refractivity contribution in [2.75, 3.05) is 0 Å². The maximum absolute atomic E-state index is 10.7. The van der Waals surface area contributed by atoms with E-state index in [1.165, 1.54) is 6.92 Å². The van der Waals surface area contributed by atoms with Crippen molar-refractivity contribution < 1.29 is 4.79 Å². The Labute approximate surface area is 106 Å². The highest BCUT2D eigenvalue weighted by molar-refractivity contribution is 5.81. The van der Waals surface area contributed by atoms with Crippen LogP contribution in [0.15, 0.2) is 12.5 Å². The molecule has 0 aliphatic rings. The molecule has 0 fully saturated rings.